The van der Waals surface area contributed by atoms with Gasteiger partial charge >= 0.3 is 12.1 Å². The quantitative estimate of drug-likeness (QED) is 0.483. The van der Waals surface area contributed by atoms with E-state index in [0.29, 0.717) is 19.6 Å². The normalized spacial score (nSPS) is 24.3. The first-order chi connectivity index (χ1) is 16.9. The number of rotatable bonds is 8. The van der Waals surface area contributed by atoms with Crippen LogP contribution in [0.4, 0.5) is 4.79 Å². The van der Waals surface area contributed by atoms with E-state index < -0.39 is 11.4 Å². The van der Waals surface area contributed by atoms with Gasteiger partial charge in [-0.2, -0.15) is 0 Å². The molecule has 2 bridgehead atoms. The molecule has 0 aromatic heterocycles. The molecule has 0 aliphatic heterocycles. The van der Waals surface area contributed by atoms with Crippen LogP contribution in [0.25, 0.3) is 11.1 Å². The van der Waals surface area contributed by atoms with Crippen molar-refractivity contribution in [3.05, 3.63) is 59.7 Å². The summed E-state index contributed by atoms with van der Waals surface area (Å²) in [5, 5.41) is 14.8. The Kier molecular flexibility index (Phi) is 6.26. The lowest BCUT2D eigenvalue weighted by atomic mass is 9.57. The maximum absolute atomic E-state index is 12.9. The number of fused-ring (bicyclic) bond motifs is 6. The molecule has 2 aromatic carbocycles. The lowest BCUT2D eigenvalue weighted by molar-refractivity contribution is -0.139. The third-order valence-electron chi connectivity index (χ3n) is 8.29. The van der Waals surface area contributed by atoms with Gasteiger partial charge in [0.05, 0.1) is 0 Å². The van der Waals surface area contributed by atoms with Crippen molar-refractivity contribution in [1.82, 2.24) is 10.6 Å². The molecule has 0 saturated heterocycles. The van der Waals surface area contributed by atoms with Crippen LogP contribution in [-0.4, -0.2) is 41.8 Å². The molecule has 2 amide bonds. The van der Waals surface area contributed by atoms with E-state index in [1.54, 1.807) is 0 Å². The zero-order valence-corrected chi connectivity index (χ0v) is 19.8. The lowest BCUT2D eigenvalue weighted by Gasteiger charge is -2.52. The van der Waals surface area contributed by atoms with Crippen LogP contribution < -0.4 is 10.6 Å². The van der Waals surface area contributed by atoms with Crippen LogP contribution in [-0.2, 0) is 14.3 Å². The van der Waals surface area contributed by atoms with Crippen molar-refractivity contribution in [2.45, 2.75) is 62.8 Å². The van der Waals surface area contributed by atoms with E-state index in [9.17, 15) is 14.4 Å². The van der Waals surface area contributed by atoms with Gasteiger partial charge in [-0.15, -0.1) is 0 Å². The molecule has 184 valence electrons. The second-order valence-electron chi connectivity index (χ2n) is 10.3. The lowest BCUT2D eigenvalue weighted by Crippen LogP contribution is -2.59. The molecule has 3 N–H and O–H groups in total. The minimum Gasteiger partial charge on any atom is -0.481 e. The van der Waals surface area contributed by atoms with Gasteiger partial charge < -0.3 is 20.5 Å². The zero-order valence-electron chi connectivity index (χ0n) is 19.8. The number of nitrogens with one attached hydrogen (secondary N) is 2. The van der Waals surface area contributed by atoms with Crippen molar-refractivity contribution in [1.29, 1.82) is 0 Å². The Balaban J connectivity index is 1.15. The number of carbonyl (C=O) groups is 3. The fourth-order valence-corrected chi connectivity index (χ4v) is 6.19. The zero-order chi connectivity index (χ0) is 24.5. The van der Waals surface area contributed by atoms with Gasteiger partial charge in [0.15, 0.2) is 0 Å². The van der Waals surface area contributed by atoms with Crippen LogP contribution in [0.5, 0.6) is 0 Å². The Morgan fingerprint density at radius 2 is 1.46 bits per heavy atom. The molecular formula is C28H32N2O5. The Bertz CT molecular complexity index is 1070. The third kappa shape index (κ3) is 4.51. The van der Waals surface area contributed by atoms with Crippen LogP contribution in [0.2, 0.25) is 0 Å². The second-order valence-corrected chi connectivity index (χ2v) is 10.3. The molecule has 7 nitrogen and oxygen atoms in total. The molecule has 7 heteroatoms. The van der Waals surface area contributed by atoms with E-state index in [1.165, 1.54) is 22.3 Å². The Hall–Kier alpha value is -3.35. The van der Waals surface area contributed by atoms with E-state index in [1.807, 2.05) is 24.3 Å². The molecule has 3 saturated carbocycles. The Morgan fingerprint density at radius 1 is 0.886 bits per heavy atom. The maximum Gasteiger partial charge on any atom is 0.407 e. The summed E-state index contributed by atoms with van der Waals surface area (Å²) in [7, 11) is 0. The van der Waals surface area contributed by atoms with E-state index in [2.05, 4.69) is 34.9 Å². The largest absolute Gasteiger partial charge is 0.481 e. The van der Waals surface area contributed by atoms with Crippen LogP contribution in [0.15, 0.2) is 48.5 Å². The Labute approximate surface area is 205 Å². The number of aliphatic carboxylic acids is 1. The van der Waals surface area contributed by atoms with E-state index in [4.69, 9.17) is 9.84 Å². The number of carbonyl (C=O) groups excluding carboxylic acids is 2. The van der Waals surface area contributed by atoms with Crippen LogP contribution in [0.3, 0.4) is 0 Å². The molecule has 0 spiro atoms. The highest BCUT2D eigenvalue weighted by Crippen LogP contribution is 2.52. The topological polar surface area (TPSA) is 105 Å². The minimum absolute atomic E-state index is 0.0253. The third-order valence-corrected chi connectivity index (χ3v) is 8.29. The van der Waals surface area contributed by atoms with Gasteiger partial charge in [-0.1, -0.05) is 48.5 Å². The molecule has 0 radical (unpaired) electrons. The van der Waals surface area contributed by atoms with Crippen LogP contribution in [0, 0.1) is 5.41 Å². The second kappa shape index (κ2) is 9.36. The average molecular weight is 477 g/mol. The SMILES string of the molecule is O=C(O)CCCNC(=O)C12CCC(NC(=O)OCC3c4ccccc4-c4ccccc43)(CC1)CC2. The number of alkyl carbamates (subject to hydrolysis) is 1. The highest BCUT2D eigenvalue weighted by atomic mass is 16.5. The van der Waals surface area contributed by atoms with Gasteiger partial charge in [-0.05, 0) is 67.2 Å². The summed E-state index contributed by atoms with van der Waals surface area (Å²) in [6.07, 6.45) is 4.52. The molecule has 0 heterocycles. The molecule has 6 rings (SSSR count). The number of carboxylic acid groups (broad SMARTS) is 1. The summed E-state index contributed by atoms with van der Waals surface area (Å²) in [6.45, 7) is 0.675. The molecule has 2 aromatic rings. The van der Waals surface area contributed by atoms with Gasteiger partial charge in [0, 0.05) is 29.8 Å². The highest BCUT2D eigenvalue weighted by Gasteiger charge is 2.53. The van der Waals surface area contributed by atoms with Crippen molar-refractivity contribution in [2.75, 3.05) is 13.2 Å². The van der Waals surface area contributed by atoms with Crippen LogP contribution >= 0.6 is 0 Å². The van der Waals surface area contributed by atoms with Crippen molar-refractivity contribution in [3.8, 4) is 11.1 Å². The van der Waals surface area contributed by atoms with Gasteiger partial charge in [-0.25, -0.2) is 4.79 Å². The monoisotopic (exact) mass is 476 g/mol. The smallest absolute Gasteiger partial charge is 0.407 e. The first-order valence-electron chi connectivity index (χ1n) is 12.5. The maximum atomic E-state index is 12.9. The van der Waals surface area contributed by atoms with E-state index in [0.717, 1.165) is 38.5 Å². The summed E-state index contributed by atoms with van der Waals surface area (Å²) in [6, 6.07) is 16.6. The summed E-state index contributed by atoms with van der Waals surface area (Å²) in [5.41, 5.74) is 4.07. The van der Waals surface area contributed by atoms with Crippen molar-refractivity contribution >= 4 is 18.0 Å². The Morgan fingerprint density at radius 3 is 2.03 bits per heavy atom. The van der Waals surface area contributed by atoms with Crippen molar-refractivity contribution in [2.24, 2.45) is 5.41 Å². The molecule has 3 fully saturated rings. The molecule has 0 unspecified atom stereocenters. The number of benzene rings is 2. The predicted octanol–water partition coefficient (Wildman–Crippen LogP) is 4.60. The fourth-order valence-electron chi connectivity index (χ4n) is 6.19. The average Bonchev–Trinajstić information content (AvgIpc) is 3.20. The van der Waals surface area contributed by atoms with Crippen LogP contribution in [0.1, 0.15) is 68.4 Å². The van der Waals surface area contributed by atoms with Crippen molar-refractivity contribution in [3.63, 3.8) is 0 Å². The van der Waals surface area contributed by atoms with Gasteiger partial charge in [0.1, 0.15) is 6.61 Å². The number of amides is 2. The molecule has 4 aliphatic carbocycles. The summed E-state index contributed by atoms with van der Waals surface area (Å²) < 4.78 is 5.77. The molecular weight excluding hydrogens is 444 g/mol. The molecule has 4 aliphatic rings. The van der Waals surface area contributed by atoms with E-state index in [-0.39, 0.29) is 29.9 Å². The summed E-state index contributed by atoms with van der Waals surface area (Å²) in [4.78, 5) is 36.4. The number of carboxylic acids is 1. The molecule has 0 atom stereocenters. The first-order valence-corrected chi connectivity index (χ1v) is 12.5. The van der Waals surface area contributed by atoms with Gasteiger partial charge in [0.2, 0.25) is 5.91 Å². The van der Waals surface area contributed by atoms with Gasteiger partial charge in [-0.3, -0.25) is 9.59 Å². The standard InChI is InChI=1S/C28H32N2O5/c31-24(32)10-5-17-29-25(33)27-11-14-28(15-12-27,16-13-27)30-26(34)35-18-23-21-8-3-1-6-19(21)20-7-2-4-9-22(20)23/h1-4,6-9,23H,5,10-18H2,(H,29,33)(H,30,34)(H,31,32). The first kappa shape index (κ1) is 23.4. The molecule has 35 heavy (non-hydrogen) atoms. The van der Waals surface area contributed by atoms with Crippen molar-refractivity contribution < 1.29 is 24.2 Å². The summed E-state index contributed by atoms with van der Waals surface area (Å²) >= 11 is 0. The predicted molar refractivity (Wildman–Crippen MR) is 131 cm³/mol. The van der Waals surface area contributed by atoms with E-state index >= 15 is 0 Å². The fraction of sp³-hybridized carbons (Fsp3) is 0.464. The number of hydrogen-bond acceptors (Lipinski definition) is 4. The number of hydrogen-bond donors (Lipinski definition) is 3. The number of ether oxygens (including phenoxy) is 1. The highest BCUT2D eigenvalue weighted by molar-refractivity contribution is 5.83. The van der Waals surface area contributed by atoms with Gasteiger partial charge in [0.25, 0.3) is 0 Å². The summed E-state index contributed by atoms with van der Waals surface area (Å²) in [5.74, 6) is -0.796. The minimum atomic E-state index is -0.850.